The fourth-order valence-electron chi connectivity index (χ4n) is 1.71. The van der Waals surface area contributed by atoms with E-state index in [0.717, 1.165) is 6.54 Å². The number of esters is 1. The highest BCUT2D eigenvalue weighted by Gasteiger charge is 2.25. The summed E-state index contributed by atoms with van der Waals surface area (Å²) in [6, 6.07) is 0. The topological polar surface area (TPSA) is 67.9 Å². The van der Waals surface area contributed by atoms with Gasteiger partial charge in [-0.2, -0.15) is 0 Å². The fourth-order valence-corrected chi connectivity index (χ4v) is 1.71. The van der Waals surface area contributed by atoms with Crippen molar-refractivity contribution in [1.29, 1.82) is 0 Å². The number of amides is 1. The number of ether oxygens (including phenoxy) is 2. The van der Waals surface area contributed by atoms with Crippen molar-refractivity contribution >= 4 is 11.9 Å². The zero-order chi connectivity index (χ0) is 12.7. The standard InChI is InChI=1S/C11H20N2O4/c1-3-16-10(14)4-5-13-6-7-17-9(8-13)11(15)12-2/h9H,3-8H2,1-2H3,(H,12,15)/t9-/m1/s1. The number of morpholine rings is 1. The highest BCUT2D eigenvalue weighted by atomic mass is 16.5. The average molecular weight is 244 g/mol. The largest absolute Gasteiger partial charge is 0.466 e. The molecule has 6 nitrogen and oxygen atoms in total. The molecule has 1 saturated heterocycles. The van der Waals surface area contributed by atoms with E-state index >= 15 is 0 Å². The van der Waals surface area contributed by atoms with Gasteiger partial charge in [0.25, 0.3) is 0 Å². The molecule has 0 radical (unpaired) electrons. The molecule has 1 aliphatic heterocycles. The first-order valence-corrected chi connectivity index (χ1v) is 5.88. The summed E-state index contributed by atoms with van der Waals surface area (Å²) in [7, 11) is 1.59. The zero-order valence-electron chi connectivity index (χ0n) is 10.4. The van der Waals surface area contributed by atoms with Crippen molar-refractivity contribution in [3.05, 3.63) is 0 Å². The molecule has 98 valence electrons. The van der Waals surface area contributed by atoms with Gasteiger partial charge in [0, 0.05) is 26.7 Å². The number of nitrogens with one attached hydrogen (secondary N) is 1. The van der Waals surface area contributed by atoms with E-state index in [-0.39, 0.29) is 11.9 Å². The van der Waals surface area contributed by atoms with Crippen LogP contribution in [0.5, 0.6) is 0 Å². The molecule has 0 bridgehead atoms. The van der Waals surface area contributed by atoms with Crippen LogP contribution in [0.3, 0.4) is 0 Å². The Bertz CT molecular complexity index is 270. The summed E-state index contributed by atoms with van der Waals surface area (Å²) in [6.45, 7) is 4.58. The predicted octanol–water partition coefficient (Wildman–Crippen LogP) is -0.614. The van der Waals surface area contributed by atoms with Gasteiger partial charge in [-0.05, 0) is 6.92 Å². The molecule has 1 atom stereocenters. The zero-order valence-corrected chi connectivity index (χ0v) is 10.4. The molecule has 0 aromatic rings. The van der Waals surface area contributed by atoms with Gasteiger partial charge in [-0.3, -0.25) is 14.5 Å². The van der Waals surface area contributed by atoms with E-state index in [2.05, 4.69) is 5.32 Å². The molecule has 1 aliphatic rings. The molecule has 0 aliphatic carbocycles. The van der Waals surface area contributed by atoms with Crippen molar-refractivity contribution in [3.63, 3.8) is 0 Å². The van der Waals surface area contributed by atoms with Crippen molar-refractivity contribution in [1.82, 2.24) is 10.2 Å². The Balaban J connectivity index is 2.29. The highest BCUT2D eigenvalue weighted by Crippen LogP contribution is 2.06. The Labute approximate surface area is 101 Å². The van der Waals surface area contributed by atoms with Gasteiger partial charge < -0.3 is 14.8 Å². The van der Waals surface area contributed by atoms with Crippen LogP contribution in [0.1, 0.15) is 13.3 Å². The predicted molar refractivity (Wildman–Crippen MR) is 61.5 cm³/mol. The van der Waals surface area contributed by atoms with Gasteiger partial charge in [0.1, 0.15) is 6.10 Å². The minimum Gasteiger partial charge on any atom is -0.466 e. The van der Waals surface area contributed by atoms with Gasteiger partial charge in [-0.25, -0.2) is 0 Å². The number of hydrogen-bond acceptors (Lipinski definition) is 5. The number of likely N-dealkylation sites (N-methyl/N-ethyl adjacent to an activating group) is 1. The van der Waals surface area contributed by atoms with Crippen LogP contribution in [0.25, 0.3) is 0 Å². The molecule has 6 heteroatoms. The van der Waals surface area contributed by atoms with E-state index in [1.165, 1.54) is 0 Å². The van der Waals surface area contributed by atoms with Crippen LogP contribution in [0.15, 0.2) is 0 Å². The number of nitrogens with zero attached hydrogens (tertiary/aromatic N) is 1. The van der Waals surface area contributed by atoms with Crippen molar-refractivity contribution in [3.8, 4) is 0 Å². The molecule has 0 aromatic heterocycles. The van der Waals surface area contributed by atoms with Crippen LogP contribution in [0.4, 0.5) is 0 Å². The lowest BCUT2D eigenvalue weighted by atomic mass is 10.2. The molecule has 1 N–H and O–H groups in total. The van der Waals surface area contributed by atoms with Gasteiger partial charge in [-0.1, -0.05) is 0 Å². The summed E-state index contributed by atoms with van der Waals surface area (Å²) in [5, 5.41) is 2.56. The summed E-state index contributed by atoms with van der Waals surface area (Å²) in [6.07, 6.45) is -0.0788. The van der Waals surface area contributed by atoms with E-state index in [0.29, 0.717) is 32.7 Å². The summed E-state index contributed by atoms with van der Waals surface area (Å²) in [5.74, 6) is -0.318. The summed E-state index contributed by atoms with van der Waals surface area (Å²) in [4.78, 5) is 24.6. The maximum Gasteiger partial charge on any atom is 0.307 e. The van der Waals surface area contributed by atoms with Crippen LogP contribution in [-0.4, -0.2) is 62.8 Å². The normalized spacial score (nSPS) is 20.9. The average Bonchev–Trinajstić information content (AvgIpc) is 2.36. The third kappa shape index (κ3) is 4.70. The van der Waals surface area contributed by atoms with E-state index in [4.69, 9.17) is 9.47 Å². The van der Waals surface area contributed by atoms with Crippen LogP contribution in [0, 0.1) is 0 Å². The second kappa shape index (κ2) is 7.24. The Morgan fingerprint density at radius 3 is 2.94 bits per heavy atom. The van der Waals surface area contributed by atoms with Crippen molar-refractivity contribution in [2.75, 3.05) is 39.9 Å². The third-order valence-electron chi connectivity index (χ3n) is 2.63. The fraction of sp³-hybridized carbons (Fsp3) is 0.818. The summed E-state index contributed by atoms with van der Waals surface area (Å²) >= 11 is 0. The molecule has 0 unspecified atom stereocenters. The number of rotatable bonds is 5. The molecule has 0 aromatic carbocycles. The Morgan fingerprint density at radius 2 is 2.29 bits per heavy atom. The van der Waals surface area contributed by atoms with Crippen molar-refractivity contribution in [2.24, 2.45) is 0 Å². The maximum atomic E-state index is 11.4. The van der Waals surface area contributed by atoms with Crippen molar-refractivity contribution in [2.45, 2.75) is 19.4 Å². The van der Waals surface area contributed by atoms with E-state index in [9.17, 15) is 9.59 Å². The molecular weight excluding hydrogens is 224 g/mol. The molecule has 1 fully saturated rings. The maximum absolute atomic E-state index is 11.4. The number of carbonyl (C=O) groups is 2. The van der Waals surface area contributed by atoms with Crippen LogP contribution in [-0.2, 0) is 19.1 Å². The van der Waals surface area contributed by atoms with Crippen molar-refractivity contribution < 1.29 is 19.1 Å². The molecule has 1 amide bonds. The van der Waals surface area contributed by atoms with E-state index in [1.807, 2.05) is 4.90 Å². The second-order valence-corrected chi connectivity index (χ2v) is 3.83. The molecular formula is C11H20N2O4. The number of hydrogen-bond donors (Lipinski definition) is 1. The molecule has 0 spiro atoms. The molecule has 17 heavy (non-hydrogen) atoms. The lowest BCUT2D eigenvalue weighted by Gasteiger charge is -2.31. The lowest BCUT2D eigenvalue weighted by molar-refractivity contribution is -0.144. The van der Waals surface area contributed by atoms with Gasteiger partial charge in [-0.15, -0.1) is 0 Å². The molecule has 0 saturated carbocycles. The molecule has 1 heterocycles. The van der Waals surface area contributed by atoms with Crippen LogP contribution in [0.2, 0.25) is 0 Å². The number of carbonyl (C=O) groups excluding carboxylic acids is 2. The highest BCUT2D eigenvalue weighted by molar-refractivity contribution is 5.80. The van der Waals surface area contributed by atoms with Gasteiger partial charge in [0.05, 0.1) is 19.6 Å². The minimum atomic E-state index is -0.434. The van der Waals surface area contributed by atoms with Crippen LogP contribution < -0.4 is 5.32 Å². The third-order valence-corrected chi connectivity index (χ3v) is 2.63. The lowest BCUT2D eigenvalue weighted by Crippen LogP contribution is -2.49. The molecule has 1 rings (SSSR count). The Hall–Kier alpha value is -1.14. The van der Waals surface area contributed by atoms with Gasteiger partial charge in [0.15, 0.2) is 0 Å². The quantitative estimate of drug-likeness (QED) is 0.653. The van der Waals surface area contributed by atoms with E-state index in [1.54, 1.807) is 14.0 Å². The monoisotopic (exact) mass is 244 g/mol. The first-order chi connectivity index (χ1) is 8.17. The SMILES string of the molecule is CCOC(=O)CCN1CCO[C@@H](C(=O)NC)C1. The second-order valence-electron chi connectivity index (χ2n) is 3.83. The van der Waals surface area contributed by atoms with Crippen LogP contribution >= 0.6 is 0 Å². The first-order valence-electron chi connectivity index (χ1n) is 5.88. The minimum absolute atomic E-state index is 0.120. The first kappa shape index (κ1) is 13.9. The summed E-state index contributed by atoms with van der Waals surface area (Å²) in [5.41, 5.74) is 0. The Kier molecular flexibility index (Phi) is 5.93. The smallest absolute Gasteiger partial charge is 0.307 e. The van der Waals surface area contributed by atoms with Gasteiger partial charge >= 0.3 is 5.97 Å². The van der Waals surface area contributed by atoms with Gasteiger partial charge in [0.2, 0.25) is 5.91 Å². The van der Waals surface area contributed by atoms with E-state index < -0.39 is 6.10 Å². The summed E-state index contributed by atoms with van der Waals surface area (Å²) < 4.78 is 10.2. The Morgan fingerprint density at radius 1 is 1.53 bits per heavy atom.